The molecule has 0 aliphatic carbocycles. The highest BCUT2D eigenvalue weighted by atomic mass is 32.2. The SMILES string of the molecule is CCN(CC)S(=O)(=O)c1ccc(N/N=C2\C[C@@H](c3ccccc3)Oc3ccccc32)c([N+](=O)[O-])c1. The lowest BCUT2D eigenvalue weighted by Gasteiger charge is -2.27. The van der Waals surface area contributed by atoms with E-state index in [4.69, 9.17) is 4.74 Å². The molecule has 1 aliphatic rings. The van der Waals surface area contributed by atoms with Gasteiger partial charge in [0.1, 0.15) is 17.5 Å². The predicted molar refractivity (Wildman–Crippen MR) is 134 cm³/mol. The molecule has 9 nitrogen and oxygen atoms in total. The van der Waals surface area contributed by atoms with Crippen LogP contribution in [0.1, 0.15) is 37.5 Å². The number of hydrogen-bond acceptors (Lipinski definition) is 7. The first-order valence-corrected chi connectivity index (χ1v) is 12.7. The van der Waals surface area contributed by atoms with Crippen LogP contribution in [0.5, 0.6) is 5.75 Å². The van der Waals surface area contributed by atoms with Crippen LogP contribution in [0, 0.1) is 10.1 Å². The monoisotopic (exact) mass is 494 g/mol. The normalized spacial score (nSPS) is 16.5. The van der Waals surface area contributed by atoms with Gasteiger partial charge in [-0.25, -0.2) is 8.42 Å². The number of nitro groups is 1. The molecule has 3 aromatic rings. The molecule has 1 heterocycles. The number of hydrazone groups is 1. The fourth-order valence-corrected chi connectivity index (χ4v) is 5.48. The van der Waals surface area contributed by atoms with Crippen molar-refractivity contribution in [2.45, 2.75) is 31.3 Å². The Hall–Kier alpha value is -3.76. The summed E-state index contributed by atoms with van der Waals surface area (Å²) in [5, 5.41) is 16.3. The largest absolute Gasteiger partial charge is 0.485 e. The van der Waals surface area contributed by atoms with Crippen LogP contribution in [0.2, 0.25) is 0 Å². The van der Waals surface area contributed by atoms with Gasteiger partial charge >= 0.3 is 0 Å². The summed E-state index contributed by atoms with van der Waals surface area (Å²) in [4.78, 5) is 11.0. The van der Waals surface area contributed by atoms with E-state index in [1.165, 1.54) is 16.4 Å². The number of sulfonamides is 1. The Balaban J connectivity index is 1.68. The Morgan fingerprint density at radius 3 is 2.43 bits per heavy atom. The van der Waals surface area contributed by atoms with Crippen LogP contribution in [-0.4, -0.2) is 36.4 Å². The third-order valence-electron chi connectivity index (χ3n) is 5.84. The van der Waals surface area contributed by atoms with Gasteiger partial charge in [-0.15, -0.1) is 0 Å². The van der Waals surface area contributed by atoms with Crippen molar-refractivity contribution < 1.29 is 18.1 Å². The van der Waals surface area contributed by atoms with Gasteiger partial charge < -0.3 is 4.74 Å². The molecule has 35 heavy (non-hydrogen) atoms. The molecule has 0 aromatic heterocycles. The molecule has 1 atom stereocenters. The zero-order chi connectivity index (χ0) is 25.0. The quantitative estimate of drug-likeness (QED) is 0.349. The van der Waals surface area contributed by atoms with Crippen LogP contribution in [-0.2, 0) is 10.0 Å². The lowest BCUT2D eigenvalue weighted by molar-refractivity contribution is -0.384. The van der Waals surface area contributed by atoms with E-state index >= 15 is 0 Å². The van der Waals surface area contributed by atoms with Crippen LogP contribution >= 0.6 is 0 Å². The van der Waals surface area contributed by atoms with E-state index in [1.54, 1.807) is 13.8 Å². The van der Waals surface area contributed by atoms with Crippen molar-refractivity contribution in [2.24, 2.45) is 5.10 Å². The van der Waals surface area contributed by atoms with Crippen LogP contribution in [0.15, 0.2) is 82.8 Å². The number of nitro benzene ring substituents is 1. The molecule has 4 rings (SSSR count). The number of benzene rings is 3. The molecule has 0 unspecified atom stereocenters. The summed E-state index contributed by atoms with van der Waals surface area (Å²) in [6, 6.07) is 21.0. The van der Waals surface area contributed by atoms with Gasteiger partial charge in [0.05, 0.1) is 15.5 Å². The van der Waals surface area contributed by atoms with Gasteiger partial charge in [-0.2, -0.15) is 9.41 Å². The van der Waals surface area contributed by atoms with E-state index in [-0.39, 0.29) is 35.5 Å². The second-order valence-corrected chi connectivity index (χ2v) is 9.85. The number of nitrogens with one attached hydrogen (secondary N) is 1. The molecule has 3 aromatic carbocycles. The third kappa shape index (κ3) is 5.03. The maximum Gasteiger partial charge on any atom is 0.295 e. The summed E-state index contributed by atoms with van der Waals surface area (Å²) in [6.07, 6.45) is 0.194. The Bertz CT molecular complexity index is 1360. The number of anilines is 1. The van der Waals surface area contributed by atoms with Gasteiger partial charge in [0.2, 0.25) is 10.0 Å². The van der Waals surface area contributed by atoms with Crippen molar-refractivity contribution in [3.05, 3.63) is 94.0 Å². The Labute approximate surface area is 204 Å². The van der Waals surface area contributed by atoms with E-state index in [2.05, 4.69) is 10.5 Å². The van der Waals surface area contributed by atoms with Gasteiger partial charge in [-0.05, 0) is 29.8 Å². The maximum atomic E-state index is 12.8. The van der Waals surface area contributed by atoms with Gasteiger partial charge in [0.25, 0.3) is 5.69 Å². The summed E-state index contributed by atoms with van der Waals surface area (Å²) < 4.78 is 33.1. The van der Waals surface area contributed by atoms with Gasteiger partial charge in [0, 0.05) is 31.1 Å². The van der Waals surface area contributed by atoms with E-state index in [0.717, 1.165) is 17.2 Å². The van der Waals surface area contributed by atoms with E-state index in [9.17, 15) is 18.5 Å². The molecule has 0 saturated carbocycles. The second kappa shape index (κ2) is 10.2. The average Bonchev–Trinajstić information content (AvgIpc) is 2.88. The third-order valence-corrected chi connectivity index (χ3v) is 7.88. The molecule has 0 amide bonds. The molecule has 182 valence electrons. The smallest absolute Gasteiger partial charge is 0.295 e. The highest BCUT2D eigenvalue weighted by Gasteiger charge is 2.28. The summed E-state index contributed by atoms with van der Waals surface area (Å²) in [5.74, 6) is 0.670. The highest BCUT2D eigenvalue weighted by Crippen LogP contribution is 2.36. The number of nitrogens with zero attached hydrogens (tertiary/aromatic N) is 3. The van der Waals surface area contributed by atoms with Crippen LogP contribution in [0.25, 0.3) is 0 Å². The lowest BCUT2D eigenvalue weighted by atomic mass is 9.96. The first-order chi connectivity index (χ1) is 16.8. The number of rotatable bonds is 8. The lowest BCUT2D eigenvalue weighted by Crippen LogP contribution is -2.30. The average molecular weight is 495 g/mol. The minimum Gasteiger partial charge on any atom is -0.485 e. The number of para-hydroxylation sites is 1. The fourth-order valence-electron chi connectivity index (χ4n) is 4.01. The second-order valence-electron chi connectivity index (χ2n) is 7.91. The molecule has 10 heteroatoms. The molecular formula is C25H26N4O5S. The first kappa shape index (κ1) is 24.4. The van der Waals surface area contributed by atoms with Crippen molar-refractivity contribution in [3.8, 4) is 5.75 Å². The zero-order valence-electron chi connectivity index (χ0n) is 19.4. The number of hydrogen-bond donors (Lipinski definition) is 1. The summed E-state index contributed by atoms with van der Waals surface area (Å²) in [5.41, 5.74) is 4.98. The van der Waals surface area contributed by atoms with Crippen molar-refractivity contribution >= 4 is 27.1 Å². The highest BCUT2D eigenvalue weighted by molar-refractivity contribution is 7.89. The Morgan fingerprint density at radius 1 is 1.06 bits per heavy atom. The van der Waals surface area contributed by atoms with Crippen molar-refractivity contribution in [3.63, 3.8) is 0 Å². The minimum atomic E-state index is -3.84. The predicted octanol–water partition coefficient (Wildman–Crippen LogP) is 4.97. The van der Waals surface area contributed by atoms with Crippen LogP contribution in [0.4, 0.5) is 11.4 Å². The standard InChI is InChI=1S/C25H26N4O5S/c1-3-28(4-2)35(32,33)19-14-15-21(23(16-19)29(30)31)26-27-22-17-25(18-10-6-5-7-11-18)34-24-13-9-8-12-20(22)24/h5-16,25-26H,3-4,17H2,1-2H3/b27-22+/t25-/m0/s1. The van der Waals surface area contributed by atoms with Gasteiger partial charge in [-0.1, -0.05) is 56.3 Å². The molecule has 1 aliphatic heterocycles. The molecule has 0 bridgehead atoms. The summed E-state index contributed by atoms with van der Waals surface area (Å²) in [6.45, 7) is 3.97. The first-order valence-electron chi connectivity index (χ1n) is 11.3. The molecular weight excluding hydrogens is 468 g/mol. The summed E-state index contributed by atoms with van der Waals surface area (Å²) >= 11 is 0. The van der Waals surface area contributed by atoms with Crippen LogP contribution in [0.3, 0.4) is 0 Å². The van der Waals surface area contributed by atoms with Gasteiger partial charge in [-0.3, -0.25) is 15.5 Å². The minimum absolute atomic E-state index is 0.0984. The van der Waals surface area contributed by atoms with Crippen molar-refractivity contribution in [2.75, 3.05) is 18.5 Å². The molecule has 1 N–H and O–H groups in total. The van der Waals surface area contributed by atoms with E-state index in [0.29, 0.717) is 17.9 Å². The van der Waals surface area contributed by atoms with Crippen LogP contribution < -0.4 is 10.2 Å². The maximum absolute atomic E-state index is 12.8. The van der Waals surface area contributed by atoms with Gasteiger partial charge in [0.15, 0.2) is 0 Å². The number of fused-ring (bicyclic) bond motifs is 1. The molecule has 0 radical (unpaired) electrons. The zero-order valence-corrected chi connectivity index (χ0v) is 20.2. The summed E-state index contributed by atoms with van der Waals surface area (Å²) in [7, 11) is -3.84. The fraction of sp³-hybridized carbons (Fsp3) is 0.240. The Kier molecular flexibility index (Phi) is 7.13. The van der Waals surface area contributed by atoms with E-state index < -0.39 is 14.9 Å². The van der Waals surface area contributed by atoms with E-state index in [1.807, 2.05) is 54.6 Å². The molecule has 0 spiro atoms. The van der Waals surface area contributed by atoms with Crippen molar-refractivity contribution in [1.29, 1.82) is 0 Å². The van der Waals surface area contributed by atoms with Crippen molar-refractivity contribution in [1.82, 2.24) is 4.31 Å². The number of ether oxygens (including phenoxy) is 1. The molecule has 0 fully saturated rings. The topological polar surface area (TPSA) is 114 Å². The Morgan fingerprint density at radius 2 is 1.74 bits per heavy atom. The molecule has 0 saturated heterocycles.